The molecule has 2 aliphatic rings. The zero-order chi connectivity index (χ0) is 13.1. The summed E-state index contributed by atoms with van der Waals surface area (Å²) in [5, 5.41) is 3.37. The van der Waals surface area contributed by atoms with Crippen molar-refractivity contribution in [3.63, 3.8) is 0 Å². The maximum Gasteiger partial charge on any atom is 0.251 e. The van der Waals surface area contributed by atoms with Gasteiger partial charge in [0.05, 0.1) is 0 Å². The summed E-state index contributed by atoms with van der Waals surface area (Å²) in [4.78, 5) is 14.5. The minimum atomic E-state index is -0.186. The smallest absolute Gasteiger partial charge is 0.251 e. The third-order valence-corrected chi connectivity index (χ3v) is 4.57. The fraction of sp³-hybridized carbons (Fsp3) is 0.929. The van der Waals surface area contributed by atoms with Crippen molar-refractivity contribution in [1.82, 2.24) is 10.2 Å². The molecule has 4 heteroatoms. The Bertz CT molecular complexity index is 296. The van der Waals surface area contributed by atoms with Gasteiger partial charge in [-0.05, 0) is 31.7 Å². The number of amides is 1. The number of rotatable bonds is 3. The average Bonchev–Trinajstić information content (AvgIpc) is 2.83. The van der Waals surface area contributed by atoms with Gasteiger partial charge in [0.15, 0.2) is 0 Å². The number of piperidine rings is 1. The molecule has 0 aromatic heterocycles. The fourth-order valence-corrected chi connectivity index (χ4v) is 3.22. The number of likely N-dealkylation sites (tertiary alicyclic amines) is 1. The zero-order valence-electron chi connectivity index (χ0n) is 11.8. The lowest BCUT2D eigenvalue weighted by Crippen LogP contribution is -2.52. The van der Waals surface area contributed by atoms with E-state index in [0.29, 0.717) is 17.9 Å². The Morgan fingerprint density at radius 2 is 2.22 bits per heavy atom. The Kier molecular flexibility index (Phi) is 4.62. The molecule has 4 unspecified atom stereocenters. The lowest BCUT2D eigenvalue weighted by Gasteiger charge is -2.39. The first-order valence-corrected chi connectivity index (χ1v) is 7.25. The van der Waals surface area contributed by atoms with E-state index in [-0.39, 0.29) is 12.0 Å². The minimum Gasteiger partial charge on any atom is -0.368 e. The Morgan fingerprint density at radius 3 is 2.78 bits per heavy atom. The zero-order valence-corrected chi connectivity index (χ0v) is 11.8. The highest BCUT2D eigenvalue weighted by Crippen LogP contribution is 2.26. The molecule has 0 aliphatic carbocycles. The van der Waals surface area contributed by atoms with Crippen molar-refractivity contribution in [2.45, 2.75) is 45.3 Å². The molecule has 4 nitrogen and oxygen atoms in total. The quantitative estimate of drug-likeness (QED) is 0.824. The normalized spacial score (nSPS) is 36.9. The van der Waals surface area contributed by atoms with Gasteiger partial charge in [-0.15, -0.1) is 0 Å². The number of carbonyl (C=O) groups excluding carboxylic acids is 1. The Morgan fingerprint density at radius 1 is 1.44 bits per heavy atom. The predicted octanol–water partition coefficient (Wildman–Crippen LogP) is 1.26. The molecule has 1 amide bonds. The molecule has 2 aliphatic heterocycles. The predicted molar refractivity (Wildman–Crippen MR) is 71.3 cm³/mol. The number of ether oxygens (including phenoxy) is 1. The van der Waals surface area contributed by atoms with Gasteiger partial charge in [-0.3, -0.25) is 4.79 Å². The van der Waals surface area contributed by atoms with Crippen molar-refractivity contribution >= 4 is 5.91 Å². The second kappa shape index (κ2) is 6.02. The van der Waals surface area contributed by atoms with E-state index in [1.54, 1.807) is 0 Å². The summed E-state index contributed by atoms with van der Waals surface area (Å²) < 4.78 is 5.60. The van der Waals surface area contributed by atoms with Crippen LogP contribution in [0, 0.1) is 11.8 Å². The van der Waals surface area contributed by atoms with E-state index in [1.165, 1.54) is 0 Å². The van der Waals surface area contributed by atoms with E-state index in [4.69, 9.17) is 4.74 Å². The molecule has 104 valence electrons. The van der Waals surface area contributed by atoms with Crippen LogP contribution >= 0.6 is 0 Å². The lowest BCUT2D eigenvalue weighted by molar-refractivity contribution is -0.144. The van der Waals surface area contributed by atoms with Crippen LogP contribution in [-0.2, 0) is 9.53 Å². The Hall–Kier alpha value is -0.610. The van der Waals surface area contributed by atoms with Gasteiger partial charge in [0, 0.05) is 25.7 Å². The lowest BCUT2D eigenvalue weighted by atomic mass is 9.89. The van der Waals surface area contributed by atoms with Crippen LogP contribution in [0.3, 0.4) is 0 Å². The van der Waals surface area contributed by atoms with Crippen molar-refractivity contribution in [3.8, 4) is 0 Å². The van der Waals surface area contributed by atoms with Crippen LogP contribution in [0.4, 0.5) is 0 Å². The molecule has 0 spiro atoms. The van der Waals surface area contributed by atoms with Gasteiger partial charge < -0.3 is 15.0 Å². The summed E-state index contributed by atoms with van der Waals surface area (Å²) in [6.45, 7) is 6.81. The van der Waals surface area contributed by atoms with Crippen LogP contribution in [0.2, 0.25) is 0 Å². The van der Waals surface area contributed by atoms with Crippen molar-refractivity contribution in [1.29, 1.82) is 0 Å². The van der Waals surface area contributed by atoms with Crippen LogP contribution in [0.15, 0.2) is 0 Å². The molecule has 2 rings (SSSR count). The van der Waals surface area contributed by atoms with Gasteiger partial charge in [0.1, 0.15) is 6.10 Å². The highest BCUT2D eigenvalue weighted by atomic mass is 16.5. The highest BCUT2D eigenvalue weighted by Gasteiger charge is 2.37. The molecule has 2 saturated heterocycles. The number of nitrogens with zero attached hydrogens (tertiary/aromatic N) is 1. The third kappa shape index (κ3) is 2.69. The first-order chi connectivity index (χ1) is 8.67. The van der Waals surface area contributed by atoms with Crippen molar-refractivity contribution in [2.24, 2.45) is 11.8 Å². The van der Waals surface area contributed by atoms with Crippen molar-refractivity contribution in [3.05, 3.63) is 0 Å². The first-order valence-electron chi connectivity index (χ1n) is 7.25. The molecule has 0 bridgehead atoms. The molecule has 2 fully saturated rings. The van der Waals surface area contributed by atoms with Crippen LogP contribution in [0.5, 0.6) is 0 Å². The molecule has 0 aromatic carbocycles. The molecule has 2 heterocycles. The number of nitrogens with one attached hydrogen (secondary N) is 1. The highest BCUT2D eigenvalue weighted by molar-refractivity contribution is 5.81. The van der Waals surface area contributed by atoms with Gasteiger partial charge in [-0.25, -0.2) is 0 Å². The summed E-state index contributed by atoms with van der Waals surface area (Å²) in [5.41, 5.74) is 0. The molecule has 4 atom stereocenters. The Balaban J connectivity index is 1.95. The molecule has 18 heavy (non-hydrogen) atoms. The van der Waals surface area contributed by atoms with Crippen LogP contribution < -0.4 is 5.32 Å². The molecule has 0 aromatic rings. The van der Waals surface area contributed by atoms with Crippen LogP contribution in [0.1, 0.15) is 33.1 Å². The summed E-state index contributed by atoms with van der Waals surface area (Å²) in [5.74, 6) is 1.16. The second-order valence-corrected chi connectivity index (χ2v) is 5.69. The molecular formula is C14H26N2O2. The van der Waals surface area contributed by atoms with E-state index < -0.39 is 0 Å². The van der Waals surface area contributed by atoms with E-state index >= 15 is 0 Å². The van der Waals surface area contributed by atoms with Gasteiger partial charge in [0.2, 0.25) is 0 Å². The van der Waals surface area contributed by atoms with Gasteiger partial charge in [0.25, 0.3) is 5.91 Å². The molecular weight excluding hydrogens is 228 g/mol. The van der Waals surface area contributed by atoms with E-state index in [9.17, 15) is 4.79 Å². The summed E-state index contributed by atoms with van der Waals surface area (Å²) in [6.07, 6.45) is 3.01. The molecule has 0 saturated carbocycles. The van der Waals surface area contributed by atoms with Crippen LogP contribution in [0.25, 0.3) is 0 Å². The topological polar surface area (TPSA) is 41.6 Å². The maximum atomic E-state index is 12.4. The summed E-state index contributed by atoms with van der Waals surface area (Å²) in [7, 11) is 2.02. The van der Waals surface area contributed by atoms with E-state index in [0.717, 1.165) is 39.0 Å². The number of carbonyl (C=O) groups is 1. The SMILES string of the molecule is CCC1CN(C(=O)C2OCCC2C)CCC1NC. The summed E-state index contributed by atoms with van der Waals surface area (Å²) in [6, 6.07) is 0.556. The number of hydrogen-bond acceptors (Lipinski definition) is 3. The monoisotopic (exact) mass is 254 g/mol. The third-order valence-electron chi connectivity index (χ3n) is 4.57. The second-order valence-electron chi connectivity index (χ2n) is 5.69. The van der Waals surface area contributed by atoms with Crippen molar-refractivity contribution in [2.75, 3.05) is 26.7 Å². The van der Waals surface area contributed by atoms with E-state index in [2.05, 4.69) is 19.2 Å². The summed E-state index contributed by atoms with van der Waals surface area (Å²) >= 11 is 0. The van der Waals surface area contributed by atoms with Crippen LogP contribution in [-0.4, -0.2) is 49.7 Å². The Labute approximate surface area is 110 Å². The minimum absolute atomic E-state index is 0.186. The standard InChI is InChI=1S/C14H26N2O2/c1-4-11-9-16(7-5-12(11)15-3)14(17)13-10(2)6-8-18-13/h10-13,15H,4-9H2,1-3H3. The largest absolute Gasteiger partial charge is 0.368 e. The molecule has 0 radical (unpaired) electrons. The fourth-order valence-electron chi connectivity index (χ4n) is 3.22. The first kappa shape index (κ1) is 13.8. The molecule has 1 N–H and O–H groups in total. The van der Waals surface area contributed by atoms with Gasteiger partial charge in [-0.1, -0.05) is 20.3 Å². The van der Waals surface area contributed by atoms with Gasteiger partial charge >= 0.3 is 0 Å². The maximum absolute atomic E-state index is 12.4. The number of hydrogen-bond donors (Lipinski definition) is 1. The average molecular weight is 254 g/mol. The van der Waals surface area contributed by atoms with Crippen molar-refractivity contribution < 1.29 is 9.53 Å². The van der Waals surface area contributed by atoms with E-state index in [1.807, 2.05) is 11.9 Å². The van der Waals surface area contributed by atoms with Gasteiger partial charge in [-0.2, -0.15) is 0 Å².